The lowest BCUT2D eigenvalue weighted by molar-refractivity contribution is -0.140. The number of hydrogen-bond donors (Lipinski definition) is 3. The highest BCUT2D eigenvalue weighted by Crippen LogP contribution is 2.20. The fourth-order valence-corrected chi connectivity index (χ4v) is 2.24. The number of carbonyl (C=O) groups excluding carboxylic acids is 1. The van der Waals surface area contributed by atoms with Crippen molar-refractivity contribution < 1.29 is 14.7 Å². The van der Waals surface area contributed by atoms with Crippen LogP contribution in [0.2, 0.25) is 10.0 Å². The first-order valence-electron chi connectivity index (χ1n) is 6.52. The first kappa shape index (κ1) is 17.6. The first-order valence-corrected chi connectivity index (χ1v) is 7.28. The molecule has 21 heavy (non-hydrogen) atoms. The Morgan fingerprint density at radius 2 is 1.95 bits per heavy atom. The number of rotatable bonds is 6. The second kappa shape index (κ2) is 8.10. The van der Waals surface area contributed by atoms with E-state index in [1.54, 1.807) is 32.0 Å². The molecule has 0 aliphatic heterocycles. The number of benzene rings is 1. The fraction of sp³-hybridized carbons (Fsp3) is 0.429. The van der Waals surface area contributed by atoms with Crippen LogP contribution in [0.25, 0.3) is 0 Å². The summed E-state index contributed by atoms with van der Waals surface area (Å²) >= 11 is 11.8. The van der Waals surface area contributed by atoms with Gasteiger partial charge >= 0.3 is 12.0 Å². The van der Waals surface area contributed by atoms with Crippen molar-refractivity contribution in [1.29, 1.82) is 0 Å². The standard InChI is InChI=1S/C14H18Cl2N2O3/c1-8(2)12(13(19)20)18-14(21)17-6-5-9-3-4-10(15)7-11(9)16/h3-4,7-8,12H,5-6H2,1-2H3,(H,19,20)(H2,17,18,21). The van der Waals surface area contributed by atoms with Gasteiger partial charge in [-0.1, -0.05) is 43.1 Å². The van der Waals surface area contributed by atoms with Crippen LogP contribution in [0.4, 0.5) is 4.79 Å². The Kier molecular flexibility index (Phi) is 6.78. The summed E-state index contributed by atoms with van der Waals surface area (Å²) in [5.41, 5.74) is 0.861. The summed E-state index contributed by atoms with van der Waals surface area (Å²) in [5, 5.41) is 15.1. The van der Waals surface area contributed by atoms with Crippen LogP contribution in [-0.2, 0) is 11.2 Å². The lowest BCUT2D eigenvalue weighted by Gasteiger charge is -2.18. The van der Waals surface area contributed by atoms with Crippen LogP contribution in [0.15, 0.2) is 18.2 Å². The lowest BCUT2D eigenvalue weighted by atomic mass is 10.1. The predicted octanol–water partition coefficient (Wildman–Crippen LogP) is 2.94. The van der Waals surface area contributed by atoms with Crippen molar-refractivity contribution in [2.45, 2.75) is 26.3 Å². The minimum absolute atomic E-state index is 0.195. The summed E-state index contributed by atoms with van der Waals surface area (Å²) in [7, 11) is 0. The van der Waals surface area contributed by atoms with E-state index in [0.29, 0.717) is 23.0 Å². The second-order valence-electron chi connectivity index (χ2n) is 4.95. The van der Waals surface area contributed by atoms with Gasteiger partial charge in [-0.25, -0.2) is 9.59 Å². The topological polar surface area (TPSA) is 78.4 Å². The van der Waals surface area contributed by atoms with Gasteiger partial charge in [0.15, 0.2) is 0 Å². The van der Waals surface area contributed by atoms with Gasteiger partial charge in [0.1, 0.15) is 6.04 Å². The molecule has 0 heterocycles. The van der Waals surface area contributed by atoms with Crippen LogP contribution < -0.4 is 10.6 Å². The average Bonchev–Trinajstić information content (AvgIpc) is 2.37. The van der Waals surface area contributed by atoms with E-state index < -0.39 is 18.0 Å². The maximum absolute atomic E-state index is 11.7. The zero-order chi connectivity index (χ0) is 16.0. The molecule has 1 aromatic carbocycles. The molecule has 0 fully saturated rings. The highest BCUT2D eigenvalue weighted by Gasteiger charge is 2.23. The normalized spacial score (nSPS) is 12.0. The van der Waals surface area contributed by atoms with Gasteiger partial charge in [0.25, 0.3) is 0 Å². The number of halogens is 2. The molecular weight excluding hydrogens is 315 g/mol. The summed E-state index contributed by atoms with van der Waals surface area (Å²) in [6, 6.07) is 3.73. The Labute approximate surface area is 133 Å². The van der Waals surface area contributed by atoms with Crippen LogP contribution in [0.1, 0.15) is 19.4 Å². The van der Waals surface area contributed by atoms with E-state index >= 15 is 0 Å². The minimum atomic E-state index is -1.05. The van der Waals surface area contributed by atoms with Gasteiger partial charge in [0.2, 0.25) is 0 Å². The maximum Gasteiger partial charge on any atom is 0.326 e. The van der Waals surface area contributed by atoms with Crippen LogP contribution in [0.3, 0.4) is 0 Å². The zero-order valence-corrected chi connectivity index (χ0v) is 13.3. The molecule has 5 nitrogen and oxygen atoms in total. The molecule has 0 saturated heterocycles. The fourth-order valence-electron chi connectivity index (χ4n) is 1.74. The van der Waals surface area contributed by atoms with Gasteiger partial charge in [-0.3, -0.25) is 0 Å². The minimum Gasteiger partial charge on any atom is -0.480 e. The molecule has 0 aliphatic rings. The molecule has 116 valence electrons. The molecule has 0 aromatic heterocycles. The average molecular weight is 333 g/mol. The monoisotopic (exact) mass is 332 g/mol. The number of urea groups is 1. The second-order valence-corrected chi connectivity index (χ2v) is 5.79. The van der Waals surface area contributed by atoms with Gasteiger partial charge in [-0.15, -0.1) is 0 Å². The van der Waals surface area contributed by atoms with Gasteiger partial charge in [0.05, 0.1) is 0 Å². The van der Waals surface area contributed by atoms with Crippen molar-refractivity contribution in [2.24, 2.45) is 5.92 Å². The van der Waals surface area contributed by atoms with Gasteiger partial charge in [-0.2, -0.15) is 0 Å². The highest BCUT2D eigenvalue weighted by molar-refractivity contribution is 6.35. The molecule has 2 amide bonds. The zero-order valence-electron chi connectivity index (χ0n) is 11.8. The molecule has 0 spiro atoms. The number of carbonyl (C=O) groups is 2. The number of nitrogens with one attached hydrogen (secondary N) is 2. The molecular formula is C14H18Cl2N2O3. The van der Waals surface area contributed by atoms with Gasteiger partial charge in [-0.05, 0) is 30.0 Å². The van der Waals surface area contributed by atoms with Crippen LogP contribution in [0.5, 0.6) is 0 Å². The van der Waals surface area contributed by atoms with Crippen molar-refractivity contribution in [2.75, 3.05) is 6.54 Å². The third-order valence-electron chi connectivity index (χ3n) is 2.91. The molecule has 1 rings (SSSR count). The highest BCUT2D eigenvalue weighted by atomic mass is 35.5. The Morgan fingerprint density at radius 3 is 2.48 bits per heavy atom. The molecule has 3 N–H and O–H groups in total. The maximum atomic E-state index is 11.7. The van der Waals surface area contributed by atoms with E-state index in [9.17, 15) is 9.59 Å². The molecule has 0 aliphatic carbocycles. The van der Waals surface area contributed by atoms with Crippen LogP contribution in [0, 0.1) is 5.92 Å². The van der Waals surface area contributed by atoms with E-state index in [4.69, 9.17) is 28.3 Å². The van der Waals surface area contributed by atoms with Crippen molar-refractivity contribution >= 4 is 35.2 Å². The number of carboxylic acid groups (broad SMARTS) is 1. The molecule has 0 saturated carbocycles. The van der Waals surface area contributed by atoms with Crippen LogP contribution in [-0.4, -0.2) is 29.7 Å². The van der Waals surface area contributed by atoms with Crippen molar-refractivity contribution in [3.63, 3.8) is 0 Å². The van der Waals surface area contributed by atoms with E-state index in [2.05, 4.69) is 10.6 Å². The van der Waals surface area contributed by atoms with Gasteiger partial charge < -0.3 is 15.7 Å². The largest absolute Gasteiger partial charge is 0.480 e. The van der Waals surface area contributed by atoms with Crippen molar-refractivity contribution in [3.05, 3.63) is 33.8 Å². The van der Waals surface area contributed by atoms with E-state index in [1.165, 1.54) is 0 Å². The summed E-state index contributed by atoms with van der Waals surface area (Å²) in [5.74, 6) is -1.25. The van der Waals surface area contributed by atoms with E-state index in [0.717, 1.165) is 5.56 Å². The predicted molar refractivity (Wildman–Crippen MR) is 83.0 cm³/mol. The van der Waals surface area contributed by atoms with Gasteiger partial charge in [0, 0.05) is 16.6 Å². The Morgan fingerprint density at radius 1 is 1.29 bits per heavy atom. The summed E-state index contributed by atoms with van der Waals surface area (Å²) in [6.07, 6.45) is 0.531. The Hall–Kier alpha value is -1.46. The molecule has 1 atom stereocenters. The van der Waals surface area contributed by atoms with E-state index in [1.807, 2.05) is 0 Å². The van der Waals surface area contributed by atoms with Crippen molar-refractivity contribution in [3.8, 4) is 0 Å². The SMILES string of the molecule is CC(C)C(NC(=O)NCCc1ccc(Cl)cc1Cl)C(=O)O. The Bertz CT molecular complexity index is 521. The number of carboxylic acids is 1. The van der Waals surface area contributed by atoms with Crippen LogP contribution >= 0.6 is 23.2 Å². The molecule has 1 unspecified atom stereocenters. The Balaban J connectivity index is 2.44. The summed E-state index contributed by atoms with van der Waals surface area (Å²) in [4.78, 5) is 22.6. The number of aliphatic carboxylic acids is 1. The molecule has 0 radical (unpaired) electrons. The lowest BCUT2D eigenvalue weighted by Crippen LogP contribution is -2.48. The molecule has 7 heteroatoms. The third kappa shape index (κ3) is 5.81. The quantitative estimate of drug-likeness (QED) is 0.749. The smallest absolute Gasteiger partial charge is 0.326 e. The number of hydrogen-bond acceptors (Lipinski definition) is 2. The summed E-state index contributed by atoms with van der Waals surface area (Å²) < 4.78 is 0. The number of amides is 2. The first-order chi connectivity index (χ1) is 9.81. The third-order valence-corrected chi connectivity index (χ3v) is 3.50. The van der Waals surface area contributed by atoms with Crippen molar-refractivity contribution in [1.82, 2.24) is 10.6 Å². The molecule has 0 bridgehead atoms. The molecule has 1 aromatic rings. The van der Waals surface area contributed by atoms with E-state index in [-0.39, 0.29) is 5.92 Å². The summed E-state index contributed by atoms with van der Waals surface area (Å²) in [6.45, 7) is 3.80.